The predicted molar refractivity (Wildman–Crippen MR) is 135 cm³/mol. The minimum Gasteiger partial charge on any atom is -0.293 e. The van der Waals surface area contributed by atoms with Gasteiger partial charge in [-0.2, -0.15) is 5.26 Å². The zero-order valence-electron chi connectivity index (χ0n) is 16.9. The summed E-state index contributed by atoms with van der Waals surface area (Å²) in [5.41, 5.74) is 0. The number of alkyl halides is 3. The lowest BCUT2D eigenvalue weighted by atomic mass is 10.1. The van der Waals surface area contributed by atoms with Crippen molar-refractivity contribution in [3.63, 3.8) is 0 Å². The SMILES string of the molecule is CC(CC(=O)C(C#N)=P(c1ccccc1)(c1ccccc1)c1ccccc1)C(Cl)(Cl)Cl. The summed E-state index contributed by atoms with van der Waals surface area (Å²) in [6, 6.07) is 31.5. The molecule has 0 saturated heterocycles. The average Bonchev–Trinajstić information content (AvgIpc) is 2.78. The summed E-state index contributed by atoms with van der Waals surface area (Å²) in [4.78, 5) is 13.6. The Morgan fingerprint density at radius 1 is 0.839 bits per heavy atom. The maximum atomic E-state index is 13.6. The zero-order valence-corrected chi connectivity index (χ0v) is 20.0. The van der Waals surface area contributed by atoms with Gasteiger partial charge in [0.2, 0.25) is 0 Å². The Kier molecular flexibility index (Phi) is 7.68. The summed E-state index contributed by atoms with van der Waals surface area (Å²) in [5, 5.41) is 13.3. The predicted octanol–water partition coefficient (Wildman–Crippen LogP) is 5.64. The lowest BCUT2D eigenvalue weighted by molar-refractivity contribution is -0.113. The van der Waals surface area contributed by atoms with Crippen molar-refractivity contribution in [2.75, 3.05) is 0 Å². The van der Waals surface area contributed by atoms with Crippen LogP contribution in [0.25, 0.3) is 0 Å². The molecule has 0 aliphatic carbocycles. The topological polar surface area (TPSA) is 40.9 Å². The van der Waals surface area contributed by atoms with Crippen LogP contribution in [-0.4, -0.2) is 14.9 Å². The van der Waals surface area contributed by atoms with E-state index in [0.717, 1.165) is 15.9 Å². The number of nitrogens with zero attached hydrogens (tertiary/aromatic N) is 1. The monoisotopic (exact) mass is 487 g/mol. The quantitative estimate of drug-likeness (QED) is 0.333. The Labute approximate surface area is 198 Å². The fourth-order valence-electron chi connectivity index (χ4n) is 3.60. The van der Waals surface area contributed by atoms with Crippen molar-refractivity contribution >= 4 is 68.7 Å². The van der Waals surface area contributed by atoms with Gasteiger partial charge in [-0.25, -0.2) is 0 Å². The molecule has 0 saturated carbocycles. The van der Waals surface area contributed by atoms with Crippen molar-refractivity contribution in [2.45, 2.75) is 17.1 Å². The molecular formula is C25H21Cl3NOP. The molecule has 3 rings (SSSR count). The molecule has 0 bridgehead atoms. The lowest BCUT2D eigenvalue weighted by Crippen LogP contribution is -2.34. The molecule has 158 valence electrons. The molecule has 0 spiro atoms. The molecule has 3 aromatic rings. The molecule has 0 aliphatic heterocycles. The second-order valence-electron chi connectivity index (χ2n) is 7.21. The third-order valence-corrected chi connectivity index (χ3v) is 10.5. The van der Waals surface area contributed by atoms with Gasteiger partial charge in [-0.15, -0.1) is 0 Å². The van der Waals surface area contributed by atoms with E-state index in [1.807, 2.05) is 91.0 Å². The van der Waals surface area contributed by atoms with Crippen LogP contribution in [0.1, 0.15) is 13.3 Å². The Morgan fingerprint density at radius 2 is 1.19 bits per heavy atom. The molecule has 0 aromatic heterocycles. The summed E-state index contributed by atoms with van der Waals surface area (Å²) in [6.07, 6.45) is -0.0341. The maximum Gasteiger partial charge on any atom is 0.193 e. The van der Waals surface area contributed by atoms with Crippen LogP contribution in [0.3, 0.4) is 0 Å². The Bertz CT molecular complexity index is 1030. The highest BCUT2D eigenvalue weighted by molar-refractivity contribution is 7.96. The molecular weight excluding hydrogens is 468 g/mol. The smallest absolute Gasteiger partial charge is 0.193 e. The van der Waals surface area contributed by atoms with Crippen molar-refractivity contribution in [1.82, 2.24) is 0 Å². The first-order chi connectivity index (χ1) is 14.8. The van der Waals surface area contributed by atoms with Crippen LogP contribution < -0.4 is 15.9 Å². The second kappa shape index (κ2) is 10.1. The van der Waals surface area contributed by atoms with Crippen molar-refractivity contribution < 1.29 is 4.79 Å². The minimum absolute atomic E-state index is 0.0341. The maximum absolute atomic E-state index is 13.6. The summed E-state index contributed by atoms with van der Waals surface area (Å²) in [6.45, 7) is -1.05. The van der Waals surface area contributed by atoms with E-state index in [4.69, 9.17) is 34.8 Å². The number of carbonyl (C=O) groups excluding carboxylic acids is 1. The van der Waals surface area contributed by atoms with Gasteiger partial charge in [0.25, 0.3) is 0 Å². The second-order valence-corrected chi connectivity index (χ2v) is 12.9. The first kappa shape index (κ1) is 23.6. The Balaban J connectivity index is 2.44. The fraction of sp³-hybridized carbons (Fsp3) is 0.160. The van der Waals surface area contributed by atoms with Crippen molar-refractivity contribution in [3.05, 3.63) is 91.0 Å². The molecule has 1 unspecified atom stereocenters. The molecule has 0 heterocycles. The highest BCUT2D eigenvalue weighted by Gasteiger charge is 2.36. The van der Waals surface area contributed by atoms with Gasteiger partial charge in [0, 0.05) is 12.3 Å². The number of rotatable bonds is 6. The van der Waals surface area contributed by atoms with Gasteiger partial charge in [-0.05, 0) is 22.8 Å². The minimum atomic E-state index is -2.75. The average molecular weight is 489 g/mol. The molecule has 6 heteroatoms. The number of Topliss-reactive ketones (excluding diaryl/α,β-unsaturated/α-hetero) is 1. The van der Waals surface area contributed by atoms with E-state index >= 15 is 0 Å². The zero-order chi connectivity index (χ0) is 22.5. The number of halogens is 3. The largest absolute Gasteiger partial charge is 0.293 e. The summed E-state index contributed by atoms with van der Waals surface area (Å²) < 4.78 is -1.59. The normalized spacial score (nSPS) is 12.6. The first-order valence-corrected chi connectivity index (χ1v) is 12.7. The highest BCUT2D eigenvalue weighted by Crippen LogP contribution is 2.47. The van der Waals surface area contributed by atoms with Gasteiger partial charge in [0.1, 0.15) is 11.4 Å². The van der Waals surface area contributed by atoms with E-state index in [9.17, 15) is 10.1 Å². The van der Waals surface area contributed by atoms with E-state index in [-0.39, 0.29) is 17.5 Å². The van der Waals surface area contributed by atoms with Crippen LogP contribution in [0.4, 0.5) is 0 Å². The van der Waals surface area contributed by atoms with Crippen LogP contribution in [0.15, 0.2) is 91.0 Å². The molecule has 0 aliphatic rings. The Morgan fingerprint density at radius 3 is 1.48 bits per heavy atom. The van der Waals surface area contributed by atoms with Crippen LogP contribution in [-0.2, 0) is 4.79 Å². The third kappa shape index (κ3) is 4.92. The summed E-state index contributed by atoms with van der Waals surface area (Å²) in [7, 11) is 0. The van der Waals surface area contributed by atoms with Crippen molar-refractivity contribution in [1.29, 1.82) is 5.26 Å². The van der Waals surface area contributed by atoms with Crippen LogP contribution >= 0.6 is 41.7 Å². The van der Waals surface area contributed by atoms with Crippen molar-refractivity contribution in [3.8, 4) is 6.07 Å². The molecule has 0 fully saturated rings. The van der Waals surface area contributed by atoms with Gasteiger partial charge < -0.3 is 0 Å². The van der Waals surface area contributed by atoms with E-state index < -0.39 is 16.6 Å². The van der Waals surface area contributed by atoms with E-state index in [1.54, 1.807) is 6.92 Å². The standard InChI is InChI=1S/C25H21Cl3NOP/c1-19(25(26,27)28)17-23(30)24(18-29)31(20-11-5-2-6-12-20,21-13-7-3-8-14-21)22-15-9-4-10-16-22/h2-16,19H,17H2,1H3. The van der Waals surface area contributed by atoms with Gasteiger partial charge in [0.05, 0.1) is 0 Å². The first-order valence-electron chi connectivity index (χ1n) is 9.75. The molecule has 31 heavy (non-hydrogen) atoms. The Hall–Kier alpha value is -2.01. The molecule has 0 N–H and O–H groups in total. The van der Waals surface area contributed by atoms with Gasteiger partial charge in [-0.1, -0.05) is 133 Å². The van der Waals surface area contributed by atoms with Crippen LogP contribution in [0.5, 0.6) is 0 Å². The van der Waals surface area contributed by atoms with E-state index in [2.05, 4.69) is 6.07 Å². The number of benzene rings is 3. The van der Waals surface area contributed by atoms with E-state index in [0.29, 0.717) is 0 Å². The third-order valence-electron chi connectivity index (χ3n) is 5.19. The molecule has 0 radical (unpaired) electrons. The van der Waals surface area contributed by atoms with Gasteiger partial charge in [0.15, 0.2) is 9.58 Å². The summed E-state index contributed by atoms with van der Waals surface area (Å²) >= 11 is 18.1. The van der Waals surface area contributed by atoms with Gasteiger partial charge in [-0.3, -0.25) is 4.79 Å². The lowest BCUT2D eigenvalue weighted by Gasteiger charge is -2.30. The number of ketones is 1. The van der Waals surface area contributed by atoms with E-state index in [1.165, 1.54) is 0 Å². The van der Waals surface area contributed by atoms with Crippen LogP contribution in [0.2, 0.25) is 0 Å². The molecule has 2 nitrogen and oxygen atoms in total. The summed E-state index contributed by atoms with van der Waals surface area (Å²) in [5.74, 6) is -0.844. The molecule has 3 aromatic carbocycles. The van der Waals surface area contributed by atoms with Gasteiger partial charge >= 0.3 is 0 Å². The number of hydrogen-bond donors (Lipinski definition) is 0. The number of hydrogen-bond acceptors (Lipinski definition) is 2. The number of nitriles is 1. The molecule has 1 atom stereocenters. The number of carbonyl (C=O) groups is 1. The van der Waals surface area contributed by atoms with Crippen LogP contribution in [0, 0.1) is 17.2 Å². The fourth-order valence-corrected chi connectivity index (χ4v) is 7.98. The van der Waals surface area contributed by atoms with Crippen molar-refractivity contribution in [2.24, 2.45) is 5.92 Å². The highest BCUT2D eigenvalue weighted by atomic mass is 35.6. The molecule has 0 amide bonds.